The minimum Gasteiger partial charge on any atom is -0.431 e. The molecule has 0 saturated carbocycles. The molecule has 1 aromatic carbocycles. The highest BCUT2D eigenvalue weighted by molar-refractivity contribution is 7.99. The molecule has 1 fully saturated rings. The third-order valence-corrected chi connectivity index (χ3v) is 5.67. The second-order valence-electron chi connectivity index (χ2n) is 5.36. The SMILES string of the molecule is O=C(NCCSC1CCOCC1)c1ccc(Oc2nccs2)cc1. The topological polar surface area (TPSA) is 60.5 Å². The summed E-state index contributed by atoms with van der Waals surface area (Å²) < 4.78 is 10.9. The molecule has 24 heavy (non-hydrogen) atoms. The Labute approximate surface area is 149 Å². The molecule has 0 atom stereocenters. The van der Waals surface area contributed by atoms with Gasteiger partial charge in [-0.25, -0.2) is 4.98 Å². The van der Waals surface area contributed by atoms with Crippen LogP contribution in [-0.2, 0) is 4.74 Å². The Morgan fingerprint density at radius 2 is 2.12 bits per heavy atom. The molecule has 3 rings (SSSR count). The van der Waals surface area contributed by atoms with E-state index in [1.807, 2.05) is 17.1 Å². The summed E-state index contributed by atoms with van der Waals surface area (Å²) in [5, 5.41) is 6.08. The number of thioether (sulfide) groups is 1. The second kappa shape index (κ2) is 9.05. The lowest BCUT2D eigenvalue weighted by Gasteiger charge is -2.21. The van der Waals surface area contributed by atoms with Crippen molar-refractivity contribution in [2.45, 2.75) is 18.1 Å². The molecule has 128 valence electrons. The monoisotopic (exact) mass is 364 g/mol. The number of thiazole rings is 1. The summed E-state index contributed by atoms with van der Waals surface area (Å²) in [6, 6.07) is 7.11. The fraction of sp³-hybridized carbons (Fsp3) is 0.412. The van der Waals surface area contributed by atoms with Crippen molar-refractivity contribution in [3.63, 3.8) is 0 Å². The number of aromatic nitrogens is 1. The van der Waals surface area contributed by atoms with Crippen molar-refractivity contribution in [2.24, 2.45) is 0 Å². The Hall–Kier alpha value is -1.57. The van der Waals surface area contributed by atoms with Gasteiger partial charge in [-0.1, -0.05) is 11.3 Å². The molecule has 1 amide bonds. The zero-order valence-corrected chi connectivity index (χ0v) is 14.9. The van der Waals surface area contributed by atoms with Crippen molar-refractivity contribution in [3.05, 3.63) is 41.4 Å². The van der Waals surface area contributed by atoms with Gasteiger partial charge in [-0.2, -0.15) is 11.8 Å². The first-order valence-corrected chi connectivity index (χ1v) is 9.89. The van der Waals surface area contributed by atoms with Crippen LogP contribution in [0.1, 0.15) is 23.2 Å². The maximum atomic E-state index is 12.1. The van der Waals surface area contributed by atoms with Gasteiger partial charge in [0.25, 0.3) is 11.1 Å². The molecule has 1 aliphatic rings. The van der Waals surface area contributed by atoms with Gasteiger partial charge in [0.05, 0.1) is 0 Å². The number of ether oxygens (including phenoxy) is 2. The van der Waals surface area contributed by atoms with Gasteiger partial charge in [0.1, 0.15) is 5.75 Å². The van der Waals surface area contributed by atoms with Crippen molar-refractivity contribution in [3.8, 4) is 10.9 Å². The standard InChI is InChI=1S/C17H20N2O3S2/c20-16(18-7-11-23-15-5-9-21-10-6-15)13-1-3-14(4-2-13)22-17-19-8-12-24-17/h1-4,8,12,15H,5-7,9-11H2,(H,18,20). The quantitative estimate of drug-likeness (QED) is 0.761. The van der Waals surface area contributed by atoms with Gasteiger partial charge in [0, 0.05) is 47.9 Å². The Kier molecular flexibility index (Phi) is 6.51. The van der Waals surface area contributed by atoms with E-state index < -0.39 is 0 Å². The number of benzene rings is 1. The third-order valence-electron chi connectivity index (χ3n) is 3.64. The first-order chi connectivity index (χ1) is 11.8. The van der Waals surface area contributed by atoms with Gasteiger partial charge >= 0.3 is 0 Å². The van der Waals surface area contributed by atoms with Crippen LogP contribution in [0.3, 0.4) is 0 Å². The molecule has 1 aliphatic heterocycles. The summed E-state index contributed by atoms with van der Waals surface area (Å²) in [6.45, 7) is 2.40. The molecule has 0 aliphatic carbocycles. The zero-order valence-electron chi connectivity index (χ0n) is 13.3. The second-order valence-corrected chi connectivity index (χ2v) is 7.63. The Morgan fingerprint density at radius 3 is 2.83 bits per heavy atom. The van der Waals surface area contributed by atoms with Crippen LogP contribution in [0.4, 0.5) is 0 Å². The van der Waals surface area contributed by atoms with Crippen LogP contribution in [-0.4, -0.2) is 41.7 Å². The van der Waals surface area contributed by atoms with E-state index in [4.69, 9.17) is 9.47 Å². The molecular formula is C17H20N2O3S2. The molecule has 0 unspecified atom stereocenters. The first kappa shape index (κ1) is 17.3. The van der Waals surface area contributed by atoms with Crippen LogP contribution in [0, 0.1) is 0 Å². The van der Waals surface area contributed by atoms with E-state index in [1.165, 1.54) is 11.3 Å². The molecule has 1 saturated heterocycles. The third kappa shape index (κ3) is 5.22. The number of carbonyl (C=O) groups is 1. The molecular weight excluding hydrogens is 344 g/mol. The van der Waals surface area contributed by atoms with Gasteiger partial charge < -0.3 is 14.8 Å². The van der Waals surface area contributed by atoms with Crippen molar-refractivity contribution in [1.29, 1.82) is 0 Å². The molecule has 5 nitrogen and oxygen atoms in total. The smallest absolute Gasteiger partial charge is 0.278 e. The number of hydrogen-bond acceptors (Lipinski definition) is 6. The molecule has 0 radical (unpaired) electrons. The molecule has 1 aromatic heterocycles. The molecule has 2 heterocycles. The number of nitrogens with zero attached hydrogens (tertiary/aromatic N) is 1. The van der Waals surface area contributed by atoms with Gasteiger partial charge in [-0.05, 0) is 37.1 Å². The highest BCUT2D eigenvalue weighted by Gasteiger charge is 2.14. The van der Waals surface area contributed by atoms with Gasteiger partial charge in [-0.15, -0.1) is 0 Å². The summed E-state index contributed by atoms with van der Waals surface area (Å²) in [4.78, 5) is 16.2. The van der Waals surface area contributed by atoms with Gasteiger partial charge in [-0.3, -0.25) is 4.79 Å². The van der Waals surface area contributed by atoms with Crippen LogP contribution < -0.4 is 10.1 Å². The molecule has 2 aromatic rings. The Balaban J connectivity index is 1.39. The maximum Gasteiger partial charge on any atom is 0.278 e. The zero-order chi connectivity index (χ0) is 16.6. The minimum atomic E-state index is -0.0524. The number of rotatable bonds is 7. The van der Waals surface area contributed by atoms with Crippen molar-refractivity contribution >= 4 is 29.0 Å². The fourth-order valence-electron chi connectivity index (χ4n) is 2.37. The number of hydrogen-bond donors (Lipinski definition) is 1. The predicted molar refractivity (Wildman–Crippen MR) is 97.3 cm³/mol. The summed E-state index contributed by atoms with van der Waals surface area (Å²) in [7, 11) is 0. The Morgan fingerprint density at radius 1 is 1.33 bits per heavy atom. The number of nitrogens with one attached hydrogen (secondary N) is 1. The largest absolute Gasteiger partial charge is 0.431 e. The fourth-order valence-corrected chi connectivity index (χ4v) is 3.95. The molecule has 0 spiro atoms. The summed E-state index contributed by atoms with van der Waals surface area (Å²) in [5.41, 5.74) is 0.637. The van der Waals surface area contributed by atoms with E-state index in [1.54, 1.807) is 30.5 Å². The van der Waals surface area contributed by atoms with Crippen LogP contribution in [0.15, 0.2) is 35.8 Å². The van der Waals surface area contributed by atoms with E-state index in [9.17, 15) is 4.79 Å². The molecule has 7 heteroatoms. The van der Waals surface area contributed by atoms with Crippen LogP contribution >= 0.6 is 23.1 Å². The first-order valence-electron chi connectivity index (χ1n) is 7.96. The lowest BCUT2D eigenvalue weighted by Crippen LogP contribution is -2.27. The van der Waals surface area contributed by atoms with Crippen molar-refractivity contribution in [2.75, 3.05) is 25.5 Å². The lowest BCUT2D eigenvalue weighted by atomic mass is 10.2. The van der Waals surface area contributed by atoms with Crippen LogP contribution in [0.2, 0.25) is 0 Å². The number of carbonyl (C=O) groups excluding carboxylic acids is 1. The van der Waals surface area contributed by atoms with Crippen LogP contribution in [0.5, 0.6) is 10.9 Å². The van der Waals surface area contributed by atoms with Crippen molar-refractivity contribution < 1.29 is 14.3 Å². The van der Waals surface area contributed by atoms with E-state index in [0.29, 0.717) is 28.3 Å². The summed E-state index contributed by atoms with van der Waals surface area (Å²) in [5.74, 6) is 1.56. The number of amides is 1. The van der Waals surface area contributed by atoms with E-state index in [0.717, 1.165) is 31.8 Å². The Bertz CT molecular complexity index is 626. The molecule has 1 N–H and O–H groups in total. The van der Waals surface area contributed by atoms with E-state index in [2.05, 4.69) is 10.3 Å². The van der Waals surface area contributed by atoms with E-state index in [-0.39, 0.29) is 5.91 Å². The maximum absolute atomic E-state index is 12.1. The van der Waals surface area contributed by atoms with Crippen molar-refractivity contribution in [1.82, 2.24) is 10.3 Å². The van der Waals surface area contributed by atoms with Gasteiger partial charge in [0.2, 0.25) is 0 Å². The normalized spacial score (nSPS) is 15.2. The molecule has 0 bridgehead atoms. The predicted octanol–water partition coefficient (Wildman–Crippen LogP) is 3.58. The van der Waals surface area contributed by atoms with E-state index >= 15 is 0 Å². The average molecular weight is 364 g/mol. The minimum absolute atomic E-state index is 0.0524. The van der Waals surface area contributed by atoms with Gasteiger partial charge in [0.15, 0.2) is 0 Å². The highest BCUT2D eigenvalue weighted by atomic mass is 32.2. The highest BCUT2D eigenvalue weighted by Crippen LogP contribution is 2.23. The summed E-state index contributed by atoms with van der Waals surface area (Å²) >= 11 is 3.35. The lowest BCUT2D eigenvalue weighted by molar-refractivity contribution is 0.0955. The summed E-state index contributed by atoms with van der Waals surface area (Å²) in [6.07, 6.45) is 3.92. The average Bonchev–Trinajstić information content (AvgIpc) is 3.13. The van der Waals surface area contributed by atoms with Crippen LogP contribution in [0.25, 0.3) is 0 Å².